The van der Waals surface area contributed by atoms with E-state index < -0.39 is 25.6 Å². The molecular formula is C26H29O6P. The molecule has 1 heterocycles. The fourth-order valence-electron chi connectivity index (χ4n) is 3.68. The Kier molecular flexibility index (Phi) is 8.46. The van der Waals surface area contributed by atoms with Gasteiger partial charge >= 0.3 is 7.60 Å². The maximum absolute atomic E-state index is 13.5. The van der Waals surface area contributed by atoms with Gasteiger partial charge in [0.15, 0.2) is 5.85 Å². The van der Waals surface area contributed by atoms with Crippen LogP contribution in [0, 0.1) is 0 Å². The van der Waals surface area contributed by atoms with Gasteiger partial charge < -0.3 is 23.3 Å². The Morgan fingerprint density at radius 1 is 0.727 bits per heavy atom. The second-order valence-electron chi connectivity index (χ2n) is 7.80. The highest BCUT2D eigenvalue weighted by atomic mass is 31.2. The van der Waals surface area contributed by atoms with Crippen molar-refractivity contribution in [2.75, 3.05) is 13.7 Å². The van der Waals surface area contributed by atoms with Gasteiger partial charge in [-0.2, -0.15) is 0 Å². The van der Waals surface area contributed by atoms with Crippen molar-refractivity contribution >= 4 is 7.60 Å². The van der Waals surface area contributed by atoms with Gasteiger partial charge in [0.2, 0.25) is 0 Å². The van der Waals surface area contributed by atoms with E-state index in [0.717, 1.165) is 16.7 Å². The lowest BCUT2D eigenvalue weighted by Crippen LogP contribution is -2.49. The molecule has 0 bridgehead atoms. The van der Waals surface area contributed by atoms with E-state index in [1.54, 1.807) is 0 Å². The molecule has 4 atom stereocenters. The summed E-state index contributed by atoms with van der Waals surface area (Å²) in [6, 6.07) is 29.4. The van der Waals surface area contributed by atoms with E-state index in [-0.39, 0.29) is 13.2 Å². The SMILES string of the molecule is CO[P@]1(=O)OC[C@@H](OCc2ccccc2)[C@H](OCc2ccccc2)[C@H]1OCc1ccccc1. The first-order chi connectivity index (χ1) is 16.2. The predicted molar refractivity (Wildman–Crippen MR) is 126 cm³/mol. The average Bonchev–Trinajstić information content (AvgIpc) is 2.88. The molecule has 1 saturated heterocycles. The molecule has 7 heteroatoms. The van der Waals surface area contributed by atoms with Gasteiger partial charge in [-0.1, -0.05) is 91.0 Å². The largest absolute Gasteiger partial charge is 0.368 e. The smallest absolute Gasteiger partial charge is 0.361 e. The molecule has 0 amide bonds. The zero-order valence-electron chi connectivity index (χ0n) is 18.6. The second kappa shape index (κ2) is 11.7. The Balaban J connectivity index is 1.54. The third kappa shape index (κ3) is 6.39. The van der Waals surface area contributed by atoms with Gasteiger partial charge in [0.05, 0.1) is 26.4 Å². The lowest BCUT2D eigenvalue weighted by molar-refractivity contribution is -0.160. The maximum atomic E-state index is 13.5. The molecule has 33 heavy (non-hydrogen) atoms. The third-order valence-corrected chi connectivity index (χ3v) is 7.57. The Labute approximate surface area is 194 Å². The van der Waals surface area contributed by atoms with Gasteiger partial charge in [0.1, 0.15) is 12.2 Å². The van der Waals surface area contributed by atoms with Crippen LogP contribution in [0.3, 0.4) is 0 Å². The van der Waals surface area contributed by atoms with E-state index in [2.05, 4.69) is 0 Å². The van der Waals surface area contributed by atoms with E-state index in [1.807, 2.05) is 91.0 Å². The zero-order valence-corrected chi connectivity index (χ0v) is 19.5. The molecule has 3 aromatic rings. The van der Waals surface area contributed by atoms with Crippen LogP contribution in [0.4, 0.5) is 0 Å². The van der Waals surface area contributed by atoms with Crippen molar-refractivity contribution in [2.45, 2.75) is 37.9 Å². The van der Waals surface area contributed by atoms with Crippen molar-refractivity contribution in [1.29, 1.82) is 0 Å². The lowest BCUT2D eigenvalue weighted by Gasteiger charge is -2.40. The van der Waals surface area contributed by atoms with Crippen molar-refractivity contribution in [2.24, 2.45) is 0 Å². The van der Waals surface area contributed by atoms with Gasteiger partial charge in [-0.25, -0.2) is 0 Å². The van der Waals surface area contributed by atoms with E-state index in [4.69, 9.17) is 23.3 Å². The van der Waals surface area contributed by atoms with Crippen LogP contribution in [0.1, 0.15) is 16.7 Å². The summed E-state index contributed by atoms with van der Waals surface area (Å²) < 4.78 is 43.1. The monoisotopic (exact) mass is 468 g/mol. The molecule has 6 nitrogen and oxygen atoms in total. The Morgan fingerprint density at radius 2 is 1.18 bits per heavy atom. The number of rotatable bonds is 10. The molecule has 0 aliphatic carbocycles. The normalized spacial score (nSPS) is 25.1. The van der Waals surface area contributed by atoms with E-state index in [9.17, 15) is 4.57 Å². The zero-order chi connectivity index (χ0) is 22.9. The van der Waals surface area contributed by atoms with Gasteiger partial charge in [-0.15, -0.1) is 0 Å². The van der Waals surface area contributed by atoms with Crippen LogP contribution in [-0.2, 0) is 47.6 Å². The van der Waals surface area contributed by atoms with Crippen molar-refractivity contribution in [1.82, 2.24) is 0 Å². The third-order valence-electron chi connectivity index (χ3n) is 5.49. The molecule has 0 radical (unpaired) electrons. The molecule has 4 rings (SSSR count). The molecule has 0 spiro atoms. The fourth-order valence-corrected chi connectivity index (χ4v) is 5.39. The van der Waals surface area contributed by atoms with Crippen LogP contribution in [0.2, 0.25) is 0 Å². The fraction of sp³-hybridized carbons (Fsp3) is 0.308. The van der Waals surface area contributed by atoms with Crippen LogP contribution in [0.5, 0.6) is 0 Å². The first kappa shape index (κ1) is 23.8. The number of ether oxygens (including phenoxy) is 3. The summed E-state index contributed by atoms with van der Waals surface area (Å²) in [6.07, 6.45) is -1.12. The molecule has 0 aromatic heterocycles. The molecule has 174 valence electrons. The van der Waals surface area contributed by atoms with E-state index >= 15 is 0 Å². The Morgan fingerprint density at radius 3 is 1.67 bits per heavy atom. The predicted octanol–water partition coefficient (Wildman–Crippen LogP) is 5.57. The first-order valence-electron chi connectivity index (χ1n) is 10.9. The molecule has 0 unspecified atom stereocenters. The summed E-state index contributed by atoms with van der Waals surface area (Å²) in [5.41, 5.74) is 2.98. The van der Waals surface area contributed by atoms with Crippen LogP contribution in [0.15, 0.2) is 91.0 Å². The minimum absolute atomic E-state index is 0.0859. The number of hydrogen-bond acceptors (Lipinski definition) is 6. The summed E-state index contributed by atoms with van der Waals surface area (Å²) >= 11 is 0. The highest BCUT2D eigenvalue weighted by Crippen LogP contribution is 2.58. The van der Waals surface area contributed by atoms with Crippen molar-refractivity contribution in [3.8, 4) is 0 Å². The average molecular weight is 468 g/mol. The number of benzene rings is 3. The van der Waals surface area contributed by atoms with Crippen LogP contribution < -0.4 is 0 Å². The molecule has 1 fully saturated rings. The van der Waals surface area contributed by atoms with Gasteiger partial charge in [-0.3, -0.25) is 4.57 Å². The Bertz CT molecular complexity index is 1010. The Hall–Kier alpha value is -2.31. The quantitative estimate of drug-likeness (QED) is 0.363. The molecule has 0 N–H and O–H groups in total. The summed E-state index contributed by atoms with van der Waals surface area (Å²) in [4.78, 5) is 0. The molecule has 0 saturated carbocycles. The molecule has 3 aromatic carbocycles. The van der Waals surface area contributed by atoms with E-state index in [1.165, 1.54) is 7.11 Å². The number of hydrogen-bond donors (Lipinski definition) is 0. The van der Waals surface area contributed by atoms with E-state index in [0.29, 0.717) is 13.2 Å². The first-order valence-corrected chi connectivity index (χ1v) is 12.6. The highest BCUT2D eigenvalue weighted by Gasteiger charge is 2.51. The van der Waals surface area contributed by atoms with Crippen LogP contribution in [-0.4, -0.2) is 31.8 Å². The standard InChI is InChI=1S/C26H29O6P/c1-28-33(27)26(31-19-23-15-9-4-10-16-23)25(30-18-22-13-7-3-8-14-22)24(20-32-33)29-17-21-11-5-2-6-12-21/h2-16,24-26H,17-20H2,1H3/t24-,25+,26+,33+/m1/s1. The van der Waals surface area contributed by atoms with Crippen molar-refractivity contribution < 1.29 is 27.8 Å². The van der Waals surface area contributed by atoms with Crippen molar-refractivity contribution in [3.63, 3.8) is 0 Å². The van der Waals surface area contributed by atoms with Gasteiger partial charge in [0.25, 0.3) is 0 Å². The second-order valence-corrected chi connectivity index (χ2v) is 10.0. The maximum Gasteiger partial charge on any atom is 0.361 e. The topological polar surface area (TPSA) is 63.2 Å². The summed E-state index contributed by atoms with van der Waals surface area (Å²) in [7, 11) is -2.20. The van der Waals surface area contributed by atoms with Gasteiger partial charge in [0, 0.05) is 7.11 Å². The molecule has 1 aliphatic rings. The summed E-state index contributed by atoms with van der Waals surface area (Å²) in [5.74, 6) is -0.930. The van der Waals surface area contributed by atoms with Gasteiger partial charge in [-0.05, 0) is 16.7 Å². The van der Waals surface area contributed by atoms with Crippen molar-refractivity contribution in [3.05, 3.63) is 108 Å². The minimum atomic E-state index is -3.58. The van der Waals surface area contributed by atoms with Crippen LogP contribution >= 0.6 is 7.60 Å². The highest BCUT2D eigenvalue weighted by molar-refractivity contribution is 7.54. The molecular weight excluding hydrogens is 439 g/mol. The summed E-state index contributed by atoms with van der Waals surface area (Å²) in [5, 5.41) is 0. The molecule has 1 aliphatic heterocycles. The van der Waals surface area contributed by atoms with Crippen LogP contribution in [0.25, 0.3) is 0 Å². The minimum Gasteiger partial charge on any atom is -0.368 e. The lowest BCUT2D eigenvalue weighted by atomic mass is 10.2. The summed E-state index contributed by atoms with van der Waals surface area (Å²) in [6.45, 7) is 1.04.